The SMILES string of the molecule is CCCNc1cnccc1C(=O)NCC1(C)CCCS1. The summed E-state index contributed by atoms with van der Waals surface area (Å²) in [5.74, 6) is 1.19. The smallest absolute Gasteiger partial charge is 0.253 e. The van der Waals surface area contributed by atoms with Gasteiger partial charge in [0.15, 0.2) is 0 Å². The summed E-state index contributed by atoms with van der Waals surface area (Å²) >= 11 is 1.96. The molecule has 1 amide bonds. The molecule has 1 unspecified atom stereocenters. The molecule has 1 fully saturated rings. The minimum atomic E-state index is -0.0141. The summed E-state index contributed by atoms with van der Waals surface area (Å²) < 4.78 is 0.194. The molecule has 1 aliphatic rings. The monoisotopic (exact) mass is 293 g/mol. The first kappa shape index (κ1) is 15.2. The van der Waals surface area contributed by atoms with Gasteiger partial charge in [0.2, 0.25) is 0 Å². The Bertz CT molecular complexity index is 458. The van der Waals surface area contributed by atoms with Crippen molar-refractivity contribution >= 4 is 23.4 Å². The van der Waals surface area contributed by atoms with E-state index in [1.165, 1.54) is 18.6 Å². The number of carbonyl (C=O) groups is 1. The summed E-state index contributed by atoms with van der Waals surface area (Å²) in [6.45, 7) is 5.90. The van der Waals surface area contributed by atoms with E-state index in [0.717, 1.165) is 25.2 Å². The average molecular weight is 293 g/mol. The summed E-state index contributed by atoms with van der Waals surface area (Å²) in [5, 5.41) is 6.32. The van der Waals surface area contributed by atoms with Crippen LogP contribution in [0, 0.1) is 0 Å². The highest BCUT2D eigenvalue weighted by Crippen LogP contribution is 2.37. The number of anilines is 1. The van der Waals surface area contributed by atoms with Crippen LogP contribution in [-0.4, -0.2) is 34.5 Å². The van der Waals surface area contributed by atoms with Gasteiger partial charge in [0, 0.05) is 24.0 Å². The molecule has 4 nitrogen and oxygen atoms in total. The number of hydrogen-bond donors (Lipinski definition) is 2. The number of hydrogen-bond acceptors (Lipinski definition) is 4. The lowest BCUT2D eigenvalue weighted by Gasteiger charge is -2.23. The van der Waals surface area contributed by atoms with Crippen LogP contribution in [0.4, 0.5) is 5.69 Å². The van der Waals surface area contributed by atoms with Gasteiger partial charge in [0.25, 0.3) is 5.91 Å². The van der Waals surface area contributed by atoms with Crippen molar-refractivity contribution in [1.29, 1.82) is 0 Å². The molecule has 1 aromatic rings. The number of nitrogens with one attached hydrogen (secondary N) is 2. The Hall–Kier alpha value is -1.23. The number of carbonyl (C=O) groups excluding carboxylic acids is 1. The Morgan fingerprint density at radius 1 is 1.55 bits per heavy atom. The summed E-state index contributed by atoms with van der Waals surface area (Å²) in [4.78, 5) is 16.4. The molecule has 0 aliphatic carbocycles. The third kappa shape index (κ3) is 3.88. The van der Waals surface area contributed by atoms with Crippen LogP contribution in [0.3, 0.4) is 0 Å². The summed E-state index contributed by atoms with van der Waals surface area (Å²) in [6.07, 6.45) is 6.82. The van der Waals surface area contributed by atoms with Gasteiger partial charge in [-0.1, -0.05) is 6.92 Å². The molecule has 1 atom stereocenters. The van der Waals surface area contributed by atoms with Crippen molar-refractivity contribution in [3.8, 4) is 0 Å². The Kier molecular flexibility index (Phi) is 5.29. The van der Waals surface area contributed by atoms with E-state index in [2.05, 4.69) is 29.5 Å². The van der Waals surface area contributed by atoms with Crippen molar-refractivity contribution in [2.24, 2.45) is 0 Å². The topological polar surface area (TPSA) is 54.0 Å². The fourth-order valence-electron chi connectivity index (χ4n) is 2.33. The second-order valence-electron chi connectivity index (χ2n) is 5.43. The van der Waals surface area contributed by atoms with Gasteiger partial charge in [0.1, 0.15) is 0 Å². The van der Waals surface area contributed by atoms with E-state index in [4.69, 9.17) is 0 Å². The highest BCUT2D eigenvalue weighted by Gasteiger charge is 2.30. The van der Waals surface area contributed by atoms with Crippen LogP contribution in [0.2, 0.25) is 0 Å². The zero-order valence-corrected chi connectivity index (χ0v) is 13.1. The Morgan fingerprint density at radius 3 is 3.10 bits per heavy atom. The molecule has 2 N–H and O–H groups in total. The van der Waals surface area contributed by atoms with E-state index in [0.29, 0.717) is 5.56 Å². The molecule has 0 bridgehead atoms. The van der Waals surface area contributed by atoms with Gasteiger partial charge in [-0.05, 0) is 38.0 Å². The minimum absolute atomic E-state index is 0.0141. The first-order valence-electron chi connectivity index (χ1n) is 7.25. The molecular weight excluding hydrogens is 270 g/mol. The summed E-state index contributed by atoms with van der Waals surface area (Å²) in [7, 11) is 0. The van der Waals surface area contributed by atoms with E-state index in [1.807, 2.05) is 11.8 Å². The lowest BCUT2D eigenvalue weighted by atomic mass is 10.1. The third-order valence-corrected chi connectivity index (χ3v) is 5.09. The van der Waals surface area contributed by atoms with E-state index in [9.17, 15) is 4.79 Å². The second kappa shape index (κ2) is 6.97. The third-order valence-electron chi connectivity index (χ3n) is 3.55. The van der Waals surface area contributed by atoms with Gasteiger partial charge in [0.05, 0.1) is 17.4 Å². The van der Waals surface area contributed by atoms with Gasteiger partial charge < -0.3 is 10.6 Å². The first-order valence-corrected chi connectivity index (χ1v) is 8.23. The molecule has 0 radical (unpaired) electrons. The molecule has 110 valence electrons. The number of amides is 1. The van der Waals surface area contributed by atoms with Gasteiger partial charge in [-0.15, -0.1) is 0 Å². The van der Waals surface area contributed by atoms with Crippen LogP contribution in [-0.2, 0) is 0 Å². The van der Waals surface area contributed by atoms with Crippen molar-refractivity contribution in [2.45, 2.75) is 37.9 Å². The van der Waals surface area contributed by atoms with Crippen LogP contribution in [0.15, 0.2) is 18.5 Å². The molecule has 5 heteroatoms. The van der Waals surface area contributed by atoms with Crippen LogP contribution in [0.5, 0.6) is 0 Å². The van der Waals surface area contributed by atoms with Crippen LogP contribution in [0.1, 0.15) is 43.5 Å². The van der Waals surface area contributed by atoms with E-state index < -0.39 is 0 Å². The van der Waals surface area contributed by atoms with E-state index >= 15 is 0 Å². The molecule has 1 aromatic heterocycles. The van der Waals surface area contributed by atoms with Gasteiger partial charge in [-0.2, -0.15) is 11.8 Å². The van der Waals surface area contributed by atoms with E-state index in [-0.39, 0.29) is 10.7 Å². The molecule has 20 heavy (non-hydrogen) atoms. The lowest BCUT2D eigenvalue weighted by Crippen LogP contribution is -2.37. The number of aromatic nitrogens is 1. The first-order chi connectivity index (χ1) is 9.64. The standard InChI is InChI=1S/C15H23N3OS/c1-3-7-17-13-10-16-8-5-12(13)14(19)18-11-15(2)6-4-9-20-15/h5,8,10,17H,3-4,6-7,9,11H2,1-2H3,(H,18,19). The molecule has 2 heterocycles. The number of pyridine rings is 1. The lowest BCUT2D eigenvalue weighted by molar-refractivity contribution is 0.0950. The summed E-state index contributed by atoms with van der Waals surface area (Å²) in [5.41, 5.74) is 1.50. The van der Waals surface area contributed by atoms with Crippen LogP contribution >= 0.6 is 11.8 Å². The fraction of sp³-hybridized carbons (Fsp3) is 0.600. The van der Waals surface area contributed by atoms with Crippen LogP contribution < -0.4 is 10.6 Å². The number of rotatable bonds is 6. The maximum Gasteiger partial charge on any atom is 0.253 e. The molecule has 1 saturated heterocycles. The quantitative estimate of drug-likeness (QED) is 0.847. The summed E-state index contributed by atoms with van der Waals surface area (Å²) in [6, 6.07) is 1.78. The minimum Gasteiger partial charge on any atom is -0.383 e. The van der Waals surface area contributed by atoms with Crippen molar-refractivity contribution in [3.05, 3.63) is 24.0 Å². The predicted octanol–water partition coefficient (Wildman–Crippen LogP) is 2.92. The zero-order valence-electron chi connectivity index (χ0n) is 12.2. The van der Waals surface area contributed by atoms with Gasteiger partial charge in [-0.25, -0.2) is 0 Å². The highest BCUT2D eigenvalue weighted by atomic mass is 32.2. The predicted molar refractivity (Wildman–Crippen MR) is 85.4 cm³/mol. The van der Waals surface area contributed by atoms with Crippen molar-refractivity contribution in [2.75, 3.05) is 24.2 Å². The molecule has 2 rings (SSSR count). The second-order valence-corrected chi connectivity index (χ2v) is 7.12. The molecular formula is C15H23N3OS. The van der Waals surface area contributed by atoms with Crippen LogP contribution in [0.25, 0.3) is 0 Å². The molecule has 0 aromatic carbocycles. The maximum absolute atomic E-state index is 12.3. The van der Waals surface area contributed by atoms with Gasteiger partial charge in [-0.3, -0.25) is 9.78 Å². The van der Waals surface area contributed by atoms with Crippen molar-refractivity contribution in [3.63, 3.8) is 0 Å². The van der Waals surface area contributed by atoms with Crippen molar-refractivity contribution < 1.29 is 4.79 Å². The fourth-order valence-corrected chi connectivity index (χ4v) is 3.58. The van der Waals surface area contributed by atoms with Gasteiger partial charge >= 0.3 is 0 Å². The molecule has 1 aliphatic heterocycles. The Balaban J connectivity index is 1.98. The Morgan fingerprint density at radius 2 is 2.40 bits per heavy atom. The van der Waals surface area contributed by atoms with Crippen molar-refractivity contribution in [1.82, 2.24) is 10.3 Å². The largest absolute Gasteiger partial charge is 0.383 e. The number of thioether (sulfide) groups is 1. The maximum atomic E-state index is 12.3. The number of nitrogens with zero attached hydrogens (tertiary/aromatic N) is 1. The normalized spacial score (nSPS) is 21.7. The van der Waals surface area contributed by atoms with E-state index in [1.54, 1.807) is 18.5 Å². The zero-order chi connectivity index (χ0) is 14.4. The Labute approximate surface area is 125 Å². The highest BCUT2D eigenvalue weighted by molar-refractivity contribution is 8.00. The molecule has 0 spiro atoms. The molecule has 0 saturated carbocycles. The average Bonchev–Trinajstić information content (AvgIpc) is 2.90.